The molecular weight excluding hydrogens is 242 g/mol. The Labute approximate surface area is 101 Å². The van der Waals surface area contributed by atoms with Crippen LogP contribution in [0.1, 0.15) is 23.1 Å². The number of aldehydes is 1. The zero-order valence-corrected chi connectivity index (χ0v) is 10.7. The third kappa shape index (κ3) is 4.14. The first-order chi connectivity index (χ1) is 7.98. The highest BCUT2D eigenvalue weighted by Gasteiger charge is 2.09. The second kappa shape index (κ2) is 5.77. The van der Waals surface area contributed by atoms with Gasteiger partial charge in [-0.3, -0.25) is 4.79 Å². The number of pyridine rings is 1. The number of aryl methyl sites for hydroxylation is 1. The van der Waals surface area contributed by atoms with Crippen molar-refractivity contribution in [2.75, 3.05) is 18.1 Å². The molecule has 0 unspecified atom stereocenters. The quantitative estimate of drug-likeness (QED) is 0.711. The second-order valence-electron chi connectivity index (χ2n) is 3.54. The lowest BCUT2D eigenvalue weighted by atomic mass is 10.3. The Bertz CT molecular complexity index is 496. The van der Waals surface area contributed by atoms with Crippen LogP contribution < -0.4 is 4.74 Å². The summed E-state index contributed by atoms with van der Waals surface area (Å²) in [6.45, 7) is 3.37. The molecule has 94 valence electrons. The number of aromatic nitrogens is 1. The Morgan fingerprint density at radius 3 is 2.71 bits per heavy atom. The molecule has 0 bridgehead atoms. The molecule has 0 aliphatic rings. The highest BCUT2D eigenvalue weighted by atomic mass is 32.2. The molecule has 0 atom stereocenters. The highest BCUT2D eigenvalue weighted by Crippen LogP contribution is 2.14. The third-order valence-corrected chi connectivity index (χ3v) is 3.90. The predicted octanol–water partition coefficient (Wildman–Crippen LogP) is 1.02. The van der Waals surface area contributed by atoms with Crippen molar-refractivity contribution in [3.63, 3.8) is 0 Å². The molecule has 0 saturated heterocycles. The number of sulfone groups is 1. The van der Waals surface area contributed by atoms with Crippen LogP contribution in [0, 0.1) is 6.92 Å². The Morgan fingerprint density at radius 1 is 1.41 bits per heavy atom. The van der Waals surface area contributed by atoms with E-state index in [1.54, 1.807) is 26.0 Å². The summed E-state index contributed by atoms with van der Waals surface area (Å²) < 4.78 is 27.7. The summed E-state index contributed by atoms with van der Waals surface area (Å²) in [7, 11) is -3.05. The SMILES string of the molecule is CCS(=O)(=O)CCOc1ccc(C)nc1C=O. The molecule has 17 heavy (non-hydrogen) atoms. The zero-order valence-electron chi connectivity index (χ0n) is 9.84. The lowest BCUT2D eigenvalue weighted by molar-refractivity contribution is 0.111. The van der Waals surface area contributed by atoms with Crippen molar-refractivity contribution in [3.8, 4) is 5.75 Å². The van der Waals surface area contributed by atoms with Crippen molar-refractivity contribution in [1.29, 1.82) is 0 Å². The summed E-state index contributed by atoms with van der Waals surface area (Å²) in [5, 5.41) is 0. The van der Waals surface area contributed by atoms with Crippen LogP contribution in [0.3, 0.4) is 0 Å². The molecule has 0 radical (unpaired) electrons. The van der Waals surface area contributed by atoms with E-state index in [1.807, 2.05) is 0 Å². The van der Waals surface area contributed by atoms with Crippen molar-refractivity contribution in [3.05, 3.63) is 23.5 Å². The topological polar surface area (TPSA) is 73.3 Å². The van der Waals surface area contributed by atoms with E-state index in [-0.39, 0.29) is 23.8 Å². The smallest absolute Gasteiger partial charge is 0.172 e. The number of rotatable bonds is 6. The van der Waals surface area contributed by atoms with E-state index < -0.39 is 9.84 Å². The van der Waals surface area contributed by atoms with Gasteiger partial charge in [0, 0.05) is 11.4 Å². The van der Waals surface area contributed by atoms with Gasteiger partial charge in [-0.15, -0.1) is 0 Å². The van der Waals surface area contributed by atoms with E-state index >= 15 is 0 Å². The van der Waals surface area contributed by atoms with Gasteiger partial charge < -0.3 is 4.74 Å². The molecular formula is C11H15NO4S. The Morgan fingerprint density at radius 2 is 2.12 bits per heavy atom. The van der Waals surface area contributed by atoms with Gasteiger partial charge in [-0.1, -0.05) is 6.92 Å². The molecule has 0 aliphatic heterocycles. The van der Waals surface area contributed by atoms with Crippen LogP contribution in [0.15, 0.2) is 12.1 Å². The van der Waals surface area contributed by atoms with Gasteiger partial charge in [0.05, 0.1) is 5.75 Å². The average molecular weight is 257 g/mol. The first kappa shape index (κ1) is 13.6. The lowest BCUT2D eigenvalue weighted by Gasteiger charge is -2.08. The van der Waals surface area contributed by atoms with Gasteiger partial charge >= 0.3 is 0 Å². The van der Waals surface area contributed by atoms with Crippen molar-refractivity contribution in [1.82, 2.24) is 4.98 Å². The van der Waals surface area contributed by atoms with E-state index in [2.05, 4.69) is 4.98 Å². The van der Waals surface area contributed by atoms with E-state index in [0.717, 1.165) is 0 Å². The normalized spacial score (nSPS) is 11.2. The molecule has 0 N–H and O–H groups in total. The standard InChI is InChI=1S/C11H15NO4S/c1-3-17(14,15)7-6-16-11-5-4-9(2)12-10(11)8-13/h4-5,8H,3,6-7H2,1-2H3. The monoisotopic (exact) mass is 257 g/mol. The van der Waals surface area contributed by atoms with E-state index in [4.69, 9.17) is 4.74 Å². The van der Waals surface area contributed by atoms with Gasteiger partial charge in [0.2, 0.25) is 0 Å². The fraction of sp³-hybridized carbons (Fsp3) is 0.455. The van der Waals surface area contributed by atoms with Crippen molar-refractivity contribution in [2.24, 2.45) is 0 Å². The van der Waals surface area contributed by atoms with Crippen LogP contribution in [-0.2, 0) is 9.84 Å². The third-order valence-electron chi connectivity index (χ3n) is 2.23. The Balaban J connectivity index is 2.67. The largest absolute Gasteiger partial charge is 0.490 e. The van der Waals surface area contributed by atoms with Crippen LogP contribution in [0.25, 0.3) is 0 Å². The van der Waals surface area contributed by atoms with E-state index in [0.29, 0.717) is 17.7 Å². The number of carbonyl (C=O) groups is 1. The van der Waals surface area contributed by atoms with Gasteiger partial charge in [0.15, 0.2) is 16.1 Å². The van der Waals surface area contributed by atoms with Crippen LogP contribution in [0.5, 0.6) is 5.75 Å². The summed E-state index contributed by atoms with van der Waals surface area (Å²) in [4.78, 5) is 14.7. The van der Waals surface area contributed by atoms with Crippen LogP contribution in [-0.4, -0.2) is 37.8 Å². The maximum atomic E-state index is 11.2. The molecule has 6 heteroatoms. The minimum atomic E-state index is -3.05. The maximum absolute atomic E-state index is 11.2. The maximum Gasteiger partial charge on any atom is 0.172 e. The minimum Gasteiger partial charge on any atom is -0.490 e. The summed E-state index contributed by atoms with van der Waals surface area (Å²) in [6, 6.07) is 3.32. The molecule has 0 aliphatic carbocycles. The molecule has 0 saturated carbocycles. The average Bonchev–Trinajstić information content (AvgIpc) is 2.30. The highest BCUT2D eigenvalue weighted by molar-refractivity contribution is 7.91. The number of ether oxygens (including phenoxy) is 1. The molecule has 0 spiro atoms. The molecule has 1 heterocycles. The fourth-order valence-corrected chi connectivity index (χ4v) is 1.82. The molecule has 0 amide bonds. The van der Waals surface area contributed by atoms with Gasteiger partial charge in [0.25, 0.3) is 0 Å². The molecule has 1 rings (SSSR count). The van der Waals surface area contributed by atoms with Crippen LogP contribution >= 0.6 is 0 Å². The number of hydrogen-bond donors (Lipinski definition) is 0. The van der Waals surface area contributed by atoms with E-state index in [1.165, 1.54) is 0 Å². The van der Waals surface area contributed by atoms with Crippen molar-refractivity contribution in [2.45, 2.75) is 13.8 Å². The van der Waals surface area contributed by atoms with E-state index in [9.17, 15) is 13.2 Å². The Kier molecular flexibility index (Phi) is 4.62. The zero-order chi connectivity index (χ0) is 12.9. The van der Waals surface area contributed by atoms with Crippen LogP contribution in [0.4, 0.5) is 0 Å². The minimum absolute atomic E-state index is 0.0295. The van der Waals surface area contributed by atoms with Crippen molar-refractivity contribution < 1.29 is 17.9 Å². The molecule has 0 aromatic carbocycles. The molecule has 5 nitrogen and oxygen atoms in total. The number of carbonyl (C=O) groups excluding carboxylic acids is 1. The number of hydrogen-bond acceptors (Lipinski definition) is 5. The van der Waals surface area contributed by atoms with Gasteiger partial charge in [-0.05, 0) is 19.1 Å². The summed E-state index contributed by atoms with van der Waals surface area (Å²) in [6.07, 6.45) is 0.594. The van der Waals surface area contributed by atoms with Crippen LogP contribution in [0.2, 0.25) is 0 Å². The predicted molar refractivity (Wildman–Crippen MR) is 64.2 cm³/mol. The first-order valence-electron chi connectivity index (χ1n) is 5.24. The lowest BCUT2D eigenvalue weighted by Crippen LogP contribution is -2.16. The summed E-state index contributed by atoms with van der Waals surface area (Å²) in [5.41, 5.74) is 0.902. The van der Waals surface area contributed by atoms with Crippen molar-refractivity contribution >= 4 is 16.1 Å². The Hall–Kier alpha value is -1.43. The first-order valence-corrected chi connectivity index (χ1v) is 7.06. The molecule has 1 aromatic heterocycles. The fourth-order valence-electron chi connectivity index (χ4n) is 1.19. The van der Waals surface area contributed by atoms with Gasteiger partial charge in [-0.2, -0.15) is 0 Å². The summed E-state index contributed by atoms with van der Waals surface area (Å²) >= 11 is 0. The number of nitrogens with zero attached hydrogens (tertiary/aromatic N) is 1. The second-order valence-corrected chi connectivity index (χ2v) is 6.01. The van der Waals surface area contributed by atoms with Gasteiger partial charge in [-0.25, -0.2) is 13.4 Å². The summed E-state index contributed by atoms with van der Waals surface area (Å²) in [5.74, 6) is 0.343. The molecule has 1 aromatic rings. The molecule has 0 fully saturated rings. The van der Waals surface area contributed by atoms with Gasteiger partial charge in [0.1, 0.15) is 18.1 Å².